The quantitative estimate of drug-likeness (QED) is 0.0795. The lowest BCUT2D eigenvalue weighted by molar-refractivity contribution is -0.344. The number of nitrogens with zero attached hydrogens (tertiary/aromatic N) is 1. The van der Waals surface area contributed by atoms with E-state index in [1.807, 2.05) is 0 Å². The molecule has 0 radical (unpaired) electrons. The van der Waals surface area contributed by atoms with Gasteiger partial charge >= 0.3 is 6.18 Å². The zero-order chi connectivity index (χ0) is 31.9. The highest BCUT2D eigenvalue weighted by Gasteiger charge is 2.34. The number of benzene rings is 1. The molecule has 1 amide bonds. The van der Waals surface area contributed by atoms with Gasteiger partial charge in [0.15, 0.2) is 0 Å². The molecule has 244 valence electrons. The smallest absolute Gasteiger partial charge is 0.430 e. The Balaban J connectivity index is 0.00000212. The van der Waals surface area contributed by atoms with Gasteiger partial charge in [-0.2, -0.15) is 13.2 Å². The van der Waals surface area contributed by atoms with Gasteiger partial charge in [0.2, 0.25) is 5.91 Å². The van der Waals surface area contributed by atoms with E-state index in [2.05, 4.69) is 55.3 Å². The zero-order valence-electron chi connectivity index (χ0n) is 25.8. The fourth-order valence-corrected chi connectivity index (χ4v) is 10.3. The molecule has 0 spiro atoms. The van der Waals surface area contributed by atoms with Crippen LogP contribution in [0.15, 0.2) is 24.3 Å². The highest BCUT2D eigenvalue weighted by Crippen LogP contribution is 2.61. The number of carboxylic acids is 1. The molecule has 1 N–H and O–H groups in total. The van der Waals surface area contributed by atoms with E-state index in [-0.39, 0.29) is 5.91 Å². The Morgan fingerprint density at radius 2 is 1.29 bits per heavy atom. The average molecular weight is 660 g/mol. The lowest BCUT2D eigenvalue weighted by Crippen LogP contribution is -2.37. The van der Waals surface area contributed by atoms with Gasteiger partial charge in [0.1, 0.15) is 5.97 Å². The molecule has 1 aromatic rings. The second-order valence-corrected chi connectivity index (χ2v) is 15.9. The molecular formula is C31H52Cl2F3N2O3P. The maximum atomic E-state index is 12.4. The number of aryl methyl sites for hydroxylation is 1. The first-order chi connectivity index (χ1) is 20.0. The number of amides is 1. The lowest BCUT2D eigenvalue weighted by atomic mass is 10.1. The molecule has 0 heterocycles. The summed E-state index contributed by atoms with van der Waals surface area (Å²) in [6.45, 7) is 9.40. The zero-order valence-corrected chi connectivity index (χ0v) is 28.2. The molecule has 0 saturated heterocycles. The monoisotopic (exact) mass is 658 g/mol. The molecule has 0 aromatic heterocycles. The molecule has 0 unspecified atom stereocenters. The number of unbranched alkanes of at least 4 members (excludes halogenated alkanes) is 3. The summed E-state index contributed by atoms with van der Waals surface area (Å²) in [5, 5.41) is 12.0. The van der Waals surface area contributed by atoms with Crippen molar-refractivity contribution in [2.24, 2.45) is 0 Å². The van der Waals surface area contributed by atoms with Gasteiger partial charge in [-0.05, 0) is 56.2 Å². The van der Waals surface area contributed by atoms with E-state index in [4.69, 9.17) is 33.1 Å². The van der Waals surface area contributed by atoms with E-state index in [1.165, 1.54) is 68.7 Å². The largest absolute Gasteiger partial charge is 0.542 e. The number of halogens is 5. The number of carbonyl (C=O) groups is 2. The van der Waals surface area contributed by atoms with E-state index in [0.717, 1.165) is 44.6 Å². The van der Waals surface area contributed by atoms with Gasteiger partial charge in [0, 0.05) is 50.8 Å². The van der Waals surface area contributed by atoms with Crippen LogP contribution < -0.4 is 15.3 Å². The molecule has 11 heteroatoms. The van der Waals surface area contributed by atoms with E-state index in [9.17, 15) is 18.0 Å². The third-order valence-electron chi connectivity index (χ3n) is 7.20. The molecule has 0 bridgehead atoms. The Bertz CT molecular complexity index is 818. The van der Waals surface area contributed by atoms with Gasteiger partial charge < -0.3 is 20.1 Å². The second kappa shape index (κ2) is 24.1. The highest BCUT2D eigenvalue weighted by atomic mass is 35.5. The van der Waals surface area contributed by atoms with Crippen LogP contribution in [-0.2, 0) is 16.0 Å². The summed E-state index contributed by atoms with van der Waals surface area (Å²) < 4.78 is 31.5. The highest BCUT2D eigenvalue weighted by molar-refractivity contribution is 7.75. The van der Waals surface area contributed by atoms with Gasteiger partial charge in [-0.15, -0.1) is 23.2 Å². The van der Waals surface area contributed by atoms with Crippen molar-refractivity contribution in [3.8, 4) is 0 Å². The summed E-state index contributed by atoms with van der Waals surface area (Å²) in [6.07, 6.45) is 12.2. The first-order valence-electron chi connectivity index (χ1n) is 15.3. The van der Waals surface area contributed by atoms with Crippen LogP contribution in [0.3, 0.4) is 0 Å². The number of carbonyl (C=O) groups excluding carboxylic acids is 2. The molecule has 0 aliphatic heterocycles. The molecule has 0 fully saturated rings. The predicted molar refractivity (Wildman–Crippen MR) is 173 cm³/mol. The molecule has 0 saturated carbocycles. The van der Waals surface area contributed by atoms with Crippen LogP contribution in [0.4, 0.5) is 18.9 Å². The van der Waals surface area contributed by atoms with Gasteiger partial charge in [0.05, 0.1) is 24.6 Å². The number of hydrogen-bond donors (Lipinski definition) is 1. The van der Waals surface area contributed by atoms with Crippen LogP contribution in [-0.4, -0.2) is 74.1 Å². The molecule has 0 aliphatic carbocycles. The maximum Gasteiger partial charge on any atom is 0.430 e. The number of anilines is 1. The van der Waals surface area contributed by atoms with Crippen molar-refractivity contribution in [3.63, 3.8) is 0 Å². The van der Waals surface area contributed by atoms with Crippen molar-refractivity contribution < 1.29 is 27.9 Å². The standard InChI is InChI=1S/C29H51Cl2N2OP.C2HF3O2/c1-4-7-23-35(24-8-5-2,25-9-6-3)26-11-20-32-29(34)13-10-12-27-14-16-28(17-15-27)33(21-18-30)22-19-31;3-2(4,5)1(6)7/h14-17H,4-13,18-26H2,1-3H3;(H,6,7). The summed E-state index contributed by atoms with van der Waals surface area (Å²) in [5.41, 5.74) is 2.43. The van der Waals surface area contributed by atoms with Gasteiger partial charge in [0.25, 0.3) is 0 Å². The Morgan fingerprint density at radius 1 is 0.833 bits per heavy atom. The minimum Gasteiger partial charge on any atom is -0.542 e. The van der Waals surface area contributed by atoms with Gasteiger partial charge in [-0.25, -0.2) is 0 Å². The van der Waals surface area contributed by atoms with Gasteiger partial charge in [-0.1, -0.05) is 52.2 Å². The van der Waals surface area contributed by atoms with Crippen LogP contribution >= 0.6 is 30.5 Å². The molecule has 0 aliphatic rings. The van der Waals surface area contributed by atoms with Crippen molar-refractivity contribution in [1.82, 2.24) is 5.32 Å². The molecule has 0 atom stereocenters. The Morgan fingerprint density at radius 3 is 1.69 bits per heavy atom. The normalized spacial score (nSPS) is 11.5. The van der Waals surface area contributed by atoms with Crippen molar-refractivity contribution in [3.05, 3.63) is 29.8 Å². The molecule has 1 rings (SSSR count). The minimum atomic E-state index is -5.19. The summed E-state index contributed by atoms with van der Waals surface area (Å²) in [7, 11) is -0.857. The number of hydrogen-bond acceptors (Lipinski definition) is 4. The fraction of sp³-hybridized carbons (Fsp3) is 0.742. The van der Waals surface area contributed by atoms with E-state index in [0.29, 0.717) is 18.2 Å². The summed E-state index contributed by atoms with van der Waals surface area (Å²) in [6, 6.07) is 8.60. The predicted octanol–water partition coefficient (Wildman–Crippen LogP) is 7.52. The van der Waals surface area contributed by atoms with Crippen LogP contribution in [0.1, 0.15) is 84.1 Å². The number of rotatable bonds is 22. The Labute approximate surface area is 262 Å². The van der Waals surface area contributed by atoms with Crippen LogP contribution in [0.25, 0.3) is 0 Å². The second-order valence-electron chi connectivity index (χ2n) is 10.7. The van der Waals surface area contributed by atoms with E-state index in [1.54, 1.807) is 0 Å². The summed E-state index contributed by atoms with van der Waals surface area (Å²) >= 11 is 11.8. The van der Waals surface area contributed by atoms with Crippen LogP contribution in [0.5, 0.6) is 0 Å². The SMILES string of the molecule is CCCC[P+](CCCC)(CCCC)CCCNC(=O)CCCc1ccc(N(CCCl)CCCl)cc1.O=C([O-])C(F)(F)F. The summed E-state index contributed by atoms with van der Waals surface area (Å²) in [4.78, 5) is 23.4. The van der Waals surface area contributed by atoms with Crippen LogP contribution in [0, 0.1) is 0 Å². The van der Waals surface area contributed by atoms with E-state index < -0.39 is 19.4 Å². The van der Waals surface area contributed by atoms with Crippen molar-refractivity contribution in [1.29, 1.82) is 0 Å². The maximum absolute atomic E-state index is 12.4. The fourth-order valence-electron chi connectivity index (χ4n) is 4.78. The lowest BCUT2D eigenvalue weighted by Gasteiger charge is -2.28. The van der Waals surface area contributed by atoms with Gasteiger partial charge in [-0.3, -0.25) is 4.79 Å². The third kappa shape index (κ3) is 19.1. The summed E-state index contributed by atoms with van der Waals surface area (Å²) in [5.74, 6) is -1.62. The molecule has 5 nitrogen and oxygen atoms in total. The van der Waals surface area contributed by atoms with Crippen molar-refractivity contribution in [2.45, 2.75) is 91.2 Å². The topological polar surface area (TPSA) is 72.5 Å². The Hall–Kier alpha value is -1.24. The van der Waals surface area contributed by atoms with Crippen LogP contribution in [0.2, 0.25) is 0 Å². The molecular weight excluding hydrogens is 607 g/mol. The van der Waals surface area contributed by atoms with E-state index >= 15 is 0 Å². The molecule has 1 aromatic carbocycles. The number of aliphatic carboxylic acids is 1. The number of alkyl halides is 5. The first kappa shape index (κ1) is 40.8. The average Bonchev–Trinajstić information content (AvgIpc) is 2.96. The Kier molecular flexibility index (Phi) is 23.4. The number of carboxylic acid groups (broad SMARTS) is 1. The minimum absolute atomic E-state index is 0.205. The molecule has 42 heavy (non-hydrogen) atoms. The first-order valence-corrected chi connectivity index (χ1v) is 18.9. The van der Waals surface area contributed by atoms with Crippen molar-refractivity contribution >= 4 is 48.0 Å². The van der Waals surface area contributed by atoms with Crippen molar-refractivity contribution in [2.75, 3.05) is 60.9 Å². The number of nitrogens with one attached hydrogen (secondary N) is 1. The third-order valence-corrected chi connectivity index (χ3v) is 12.6.